The molecule has 3 aromatic rings. The zero-order valence-electron chi connectivity index (χ0n) is 23.7. The van der Waals surface area contributed by atoms with Crippen LogP contribution in [0.4, 0.5) is 5.69 Å². The number of ether oxygens (including phenoxy) is 1. The van der Waals surface area contributed by atoms with Crippen molar-refractivity contribution in [1.82, 2.24) is 9.80 Å². The van der Waals surface area contributed by atoms with Crippen LogP contribution in [-0.2, 0) is 15.4 Å². The molecule has 0 spiro atoms. The highest BCUT2D eigenvalue weighted by Crippen LogP contribution is 2.35. The fourth-order valence-electron chi connectivity index (χ4n) is 5.20. The van der Waals surface area contributed by atoms with Gasteiger partial charge < -0.3 is 9.64 Å². The largest absolute Gasteiger partial charge is 0.492 e. The van der Waals surface area contributed by atoms with Crippen LogP contribution < -0.4 is 9.46 Å². The molecule has 4 rings (SSSR count). The Morgan fingerprint density at radius 3 is 2.20 bits per heavy atom. The van der Waals surface area contributed by atoms with Crippen LogP contribution in [0.25, 0.3) is 0 Å². The van der Waals surface area contributed by atoms with Gasteiger partial charge in [0, 0.05) is 45.3 Å². The van der Waals surface area contributed by atoms with E-state index in [0.29, 0.717) is 18.0 Å². The zero-order chi connectivity index (χ0) is 28.6. The molecule has 1 atom stereocenters. The first-order valence-electron chi connectivity index (χ1n) is 14.0. The number of piperazine rings is 1. The summed E-state index contributed by atoms with van der Waals surface area (Å²) in [6.07, 6.45) is 0.818. The third-order valence-electron chi connectivity index (χ3n) is 7.86. The average Bonchev–Trinajstić information content (AvgIpc) is 2.95. The third kappa shape index (κ3) is 7.42. The first kappa shape index (κ1) is 29.6. The minimum Gasteiger partial charge on any atom is -0.492 e. The lowest BCUT2D eigenvalue weighted by Gasteiger charge is -2.38. The zero-order valence-corrected chi connectivity index (χ0v) is 24.5. The van der Waals surface area contributed by atoms with Crippen molar-refractivity contribution in [3.8, 4) is 11.8 Å². The van der Waals surface area contributed by atoms with Gasteiger partial charge in [0.1, 0.15) is 12.4 Å². The lowest BCUT2D eigenvalue weighted by Crippen LogP contribution is -2.48. The smallest absolute Gasteiger partial charge is 0.261 e. The molecule has 1 saturated heterocycles. The number of anilines is 1. The molecular formula is C32H40N4O3S. The minimum absolute atomic E-state index is 0.228. The van der Waals surface area contributed by atoms with E-state index < -0.39 is 15.4 Å². The molecule has 0 aliphatic carbocycles. The van der Waals surface area contributed by atoms with Gasteiger partial charge in [0.2, 0.25) is 0 Å². The van der Waals surface area contributed by atoms with Gasteiger partial charge >= 0.3 is 0 Å². The number of hydrogen-bond donors (Lipinski definition) is 1. The minimum atomic E-state index is -3.66. The van der Waals surface area contributed by atoms with Crippen LogP contribution in [0.3, 0.4) is 0 Å². The number of rotatable bonds is 12. The maximum atomic E-state index is 12.7. The summed E-state index contributed by atoms with van der Waals surface area (Å²) in [6, 6.07) is 26.7. The Labute approximate surface area is 239 Å². The summed E-state index contributed by atoms with van der Waals surface area (Å²) in [6.45, 7) is 12.2. The summed E-state index contributed by atoms with van der Waals surface area (Å²) < 4.78 is 34.0. The van der Waals surface area contributed by atoms with Gasteiger partial charge in [-0.1, -0.05) is 67.9 Å². The average molecular weight is 561 g/mol. The van der Waals surface area contributed by atoms with Crippen LogP contribution >= 0.6 is 0 Å². The van der Waals surface area contributed by atoms with Crippen molar-refractivity contribution in [3.63, 3.8) is 0 Å². The lowest BCUT2D eigenvalue weighted by atomic mass is 9.70. The van der Waals surface area contributed by atoms with Crippen molar-refractivity contribution in [2.45, 2.75) is 37.5 Å². The molecule has 1 heterocycles. The molecule has 0 amide bonds. The van der Waals surface area contributed by atoms with Crippen LogP contribution in [0.2, 0.25) is 0 Å². The Kier molecular flexibility index (Phi) is 9.85. The number of aryl methyl sites for hydroxylation is 1. The van der Waals surface area contributed by atoms with Crippen LogP contribution in [-0.4, -0.2) is 64.1 Å². The molecule has 0 saturated carbocycles. The maximum Gasteiger partial charge on any atom is 0.261 e. The van der Waals surface area contributed by atoms with Crippen LogP contribution in [0, 0.1) is 24.2 Å². The summed E-state index contributed by atoms with van der Waals surface area (Å²) in [4.78, 5) is 5.07. The van der Waals surface area contributed by atoms with Crippen molar-refractivity contribution in [2.24, 2.45) is 5.92 Å². The van der Waals surface area contributed by atoms with Gasteiger partial charge in [-0.2, -0.15) is 5.26 Å². The molecule has 0 radical (unpaired) electrons. The quantitative estimate of drug-likeness (QED) is 0.324. The van der Waals surface area contributed by atoms with Crippen molar-refractivity contribution in [1.29, 1.82) is 5.26 Å². The second kappa shape index (κ2) is 13.3. The van der Waals surface area contributed by atoms with E-state index >= 15 is 0 Å². The molecule has 1 fully saturated rings. The molecule has 1 N–H and O–H groups in total. The molecule has 0 bridgehead atoms. The Morgan fingerprint density at radius 1 is 0.925 bits per heavy atom. The second-order valence-corrected chi connectivity index (χ2v) is 12.5. The standard InChI is InChI=1S/C32H40N4O3S/c1-26(2)32(25-33,28-8-5-4-6-9-28)16-17-35-18-20-36(21-19-35)22-23-39-30-11-7-10-29(24-30)34-40(37,38)31-14-12-27(3)13-15-31/h4-15,24,26,34H,16-23H2,1-3H3. The molecule has 8 heteroatoms. The number of nitrogens with one attached hydrogen (secondary N) is 1. The van der Waals surface area contributed by atoms with E-state index in [2.05, 4.69) is 46.6 Å². The first-order valence-corrected chi connectivity index (χ1v) is 15.4. The van der Waals surface area contributed by atoms with E-state index in [9.17, 15) is 13.7 Å². The van der Waals surface area contributed by atoms with Gasteiger partial charge in [0.25, 0.3) is 10.0 Å². The fraction of sp³-hybridized carbons (Fsp3) is 0.406. The van der Waals surface area contributed by atoms with Gasteiger partial charge in [-0.3, -0.25) is 9.62 Å². The summed E-state index contributed by atoms with van der Waals surface area (Å²) in [5, 5.41) is 10.2. The van der Waals surface area contributed by atoms with Gasteiger partial charge in [-0.05, 0) is 49.1 Å². The summed E-state index contributed by atoms with van der Waals surface area (Å²) in [5.41, 5.74) is 2.10. The molecule has 1 aliphatic rings. The Hall–Kier alpha value is -3.38. The van der Waals surface area contributed by atoms with E-state index in [-0.39, 0.29) is 10.8 Å². The predicted molar refractivity (Wildman–Crippen MR) is 160 cm³/mol. The molecule has 7 nitrogen and oxygen atoms in total. The van der Waals surface area contributed by atoms with E-state index in [1.807, 2.05) is 31.2 Å². The maximum absolute atomic E-state index is 12.7. The van der Waals surface area contributed by atoms with Crippen molar-refractivity contribution >= 4 is 15.7 Å². The van der Waals surface area contributed by atoms with Gasteiger partial charge in [0.15, 0.2) is 0 Å². The number of hydrogen-bond acceptors (Lipinski definition) is 6. The monoisotopic (exact) mass is 560 g/mol. The van der Waals surface area contributed by atoms with Crippen LogP contribution in [0.15, 0.2) is 83.8 Å². The Bertz CT molecular complexity index is 1380. The molecule has 1 unspecified atom stereocenters. The van der Waals surface area contributed by atoms with Gasteiger partial charge in [0.05, 0.1) is 22.1 Å². The van der Waals surface area contributed by atoms with E-state index in [1.165, 1.54) is 0 Å². The van der Waals surface area contributed by atoms with E-state index in [0.717, 1.165) is 56.8 Å². The molecule has 1 aliphatic heterocycles. The van der Waals surface area contributed by atoms with Crippen molar-refractivity contribution in [2.75, 3.05) is 50.6 Å². The van der Waals surface area contributed by atoms with E-state index in [4.69, 9.17) is 4.74 Å². The third-order valence-corrected chi connectivity index (χ3v) is 9.25. The highest BCUT2D eigenvalue weighted by Gasteiger charge is 2.36. The van der Waals surface area contributed by atoms with Gasteiger partial charge in [-0.25, -0.2) is 8.42 Å². The van der Waals surface area contributed by atoms with Crippen LogP contribution in [0.5, 0.6) is 5.75 Å². The highest BCUT2D eigenvalue weighted by atomic mass is 32.2. The fourth-order valence-corrected chi connectivity index (χ4v) is 6.25. The molecule has 40 heavy (non-hydrogen) atoms. The SMILES string of the molecule is Cc1ccc(S(=O)(=O)Nc2cccc(OCCN3CCN(CCC(C#N)(c4ccccc4)C(C)C)CC3)c2)cc1. The first-order chi connectivity index (χ1) is 19.2. The number of nitriles is 1. The number of benzene rings is 3. The topological polar surface area (TPSA) is 85.7 Å². The normalized spacial score (nSPS) is 16.3. The number of sulfonamides is 1. The molecule has 0 aromatic heterocycles. The summed E-state index contributed by atoms with van der Waals surface area (Å²) in [7, 11) is -3.66. The van der Waals surface area contributed by atoms with Crippen LogP contribution in [0.1, 0.15) is 31.4 Å². The molecule has 3 aromatic carbocycles. The van der Waals surface area contributed by atoms with Gasteiger partial charge in [-0.15, -0.1) is 0 Å². The summed E-state index contributed by atoms with van der Waals surface area (Å²) >= 11 is 0. The molecule has 212 valence electrons. The Morgan fingerprint density at radius 2 is 1.57 bits per heavy atom. The van der Waals surface area contributed by atoms with Crippen molar-refractivity contribution in [3.05, 3.63) is 90.0 Å². The lowest BCUT2D eigenvalue weighted by molar-refractivity contribution is 0.110. The summed E-state index contributed by atoms with van der Waals surface area (Å²) in [5.74, 6) is 0.861. The van der Waals surface area contributed by atoms with E-state index in [1.54, 1.807) is 42.5 Å². The highest BCUT2D eigenvalue weighted by molar-refractivity contribution is 7.92. The van der Waals surface area contributed by atoms with Crippen molar-refractivity contribution < 1.29 is 13.2 Å². The predicted octanol–water partition coefficient (Wildman–Crippen LogP) is 5.30. The number of nitrogens with zero attached hydrogens (tertiary/aromatic N) is 3. The Balaban J connectivity index is 1.23. The second-order valence-electron chi connectivity index (χ2n) is 10.8. The molecular weight excluding hydrogens is 520 g/mol.